The molecular weight excluding hydrogens is 642 g/mol. The Labute approximate surface area is 299 Å². The molecule has 236 valence electrons. The highest BCUT2D eigenvalue weighted by Gasteiger charge is 2.47. The van der Waals surface area contributed by atoms with Crippen LogP contribution in [0.15, 0.2) is 158 Å². The first-order valence-electron chi connectivity index (χ1n) is 17.4. The highest BCUT2D eigenvalue weighted by atomic mass is 32.1. The lowest BCUT2D eigenvalue weighted by Gasteiger charge is -2.41. The Bertz CT molecular complexity index is 2750. The van der Waals surface area contributed by atoms with Crippen molar-refractivity contribution in [2.75, 3.05) is 9.80 Å². The third kappa shape index (κ3) is 3.71. The number of para-hydroxylation sites is 3. The Kier molecular flexibility index (Phi) is 5.52. The van der Waals surface area contributed by atoms with Gasteiger partial charge in [0.15, 0.2) is 0 Å². The maximum atomic E-state index is 6.89. The molecule has 0 N–H and O–H groups in total. The van der Waals surface area contributed by atoms with Gasteiger partial charge in [-0.05, 0) is 88.0 Å². The highest BCUT2D eigenvalue weighted by Crippen LogP contribution is 2.47. The van der Waals surface area contributed by atoms with Gasteiger partial charge in [0, 0.05) is 49.4 Å². The number of rotatable bonds is 2. The topological polar surface area (TPSA) is 24.9 Å². The second kappa shape index (κ2) is 10.2. The first-order valence-corrected chi connectivity index (χ1v) is 18.2. The first kappa shape index (κ1) is 27.6. The average Bonchev–Trinajstić information content (AvgIpc) is 3.57. The van der Waals surface area contributed by atoms with Crippen LogP contribution < -0.4 is 51.4 Å². The molecule has 0 unspecified atom stereocenters. The molecule has 0 saturated carbocycles. The fourth-order valence-corrected chi connectivity index (χ4v) is 10.3. The smallest absolute Gasteiger partial charge is 0.268 e. The number of nitrogens with zero attached hydrogens (tertiary/aromatic N) is 2. The van der Waals surface area contributed by atoms with E-state index >= 15 is 0 Å². The van der Waals surface area contributed by atoms with Crippen molar-refractivity contribution < 1.29 is 9.47 Å². The van der Waals surface area contributed by atoms with Crippen LogP contribution >= 0.6 is 11.3 Å². The molecule has 0 saturated heterocycles. The van der Waals surface area contributed by atoms with E-state index in [1.165, 1.54) is 53.6 Å². The Morgan fingerprint density at radius 3 is 1.75 bits per heavy atom. The second-order valence-electron chi connectivity index (χ2n) is 13.6. The molecule has 0 aliphatic carbocycles. The molecule has 7 aromatic carbocycles. The molecule has 0 atom stereocenters. The van der Waals surface area contributed by atoms with Gasteiger partial charge in [-0.15, -0.1) is 11.3 Å². The van der Waals surface area contributed by atoms with Crippen LogP contribution in [0.4, 0.5) is 34.1 Å². The molecule has 7 heteroatoms. The van der Waals surface area contributed by atoms with Gasteiger partial charge in [-0.2, -0.15) is 0 Å². The van der Waals surface area contributed by atoms with Gasteiger partial charge in [0.05, 0.1) is 5.69 Å². The molecule has 4 nitrogen and oxygen atoms in total. The summed E-state index contributed by atoms with van der Waals surface area (Å²) in [5.41, 5.74) is 13.1. The molecule has 8 aromatic rings. The number of fused-ring (bicyclic) bond motifs is 10. The summed E-state index contributed by atoms with van der Waals surface area (Å²) in [6, 6.07) is 56.6. The Morgan fingerprint density at radius 1 is 0.431 bits per heavy atom. The van der Waals surface area contributed by atoms with E-state index in [0.29, 0.717) is 0 Å². The monoisotopic (exact) mass is 668 g/mol. The standard InChI is InChI=1S/C44H26B2N2O2S/c1-3-13-27(14-4-1)47-33-19-9-8-18-30(33)45-31-25-32-39(26-38(31)49-36-22-11-20-34(47)41(36)45)50-37-23-12-21-35-42(37)46(32)44-43(29-17-7-10-24-40(29)51-44)48(35)28-15-5-2-6-16-28/h1-26H. The van der Waals surface area contributed by atoms with Gasteiger partial charge < -0.3 is 19.3 Å². The van der Waals surface area contributed by atoms with Gasteiger partial charge in [-0.25, -0.2) is 0 Å². The summed E-state index contributed by atoms with van der Waals surface area (Å²) in [6.45, 7) is 0.0123. The maximum Gasteiger partial charge on any atom is 0.268 e. The van der Waals surface area contributed by atoms with Gasteiger partial charge in [0.2, 0.25) is 0 Å². The van der Waals surface area contributed by atoms with Crippen molar-refractivity contribution in [1.82, 2.24) is 0 Å². The van der Waals surface area contributed by atoms with E-state index in [1.807, 2.05) is 11.3 Å². The van der Waals surface area contributed by atoms with Gasteiger partial charge >= 0.3 is 0 Å². The minimum atomic E-state index is 0.00402. The number of hydrogen-bond acceptors (Lipinski definition) is 5. The molecule has 12 rings (SSSR count). The van der Waals surface area contributed by atoms with E-state index in [2.05, 4.69) is 168 Å². The van der Waals surface area contributed by atoms with Gasteiger partial charge in [0.1, 0.15) is 23.0 Å². The summed E-state index contributed by atoms with van der Waals surface area (Å²) in [4.78, 5) is 4.82. The lowest BCUT2D eigenvalue weighted by atomic mass is 9.32. The van der Waals surface area contributed by atoms with Crippen LogP contribution in [0.5, 0.6) is 23.0 Å². The number of hydrogen-bond donors (Lipinski definition) is 0. The lowest BCUT2D eigenvalue weighted by molar-refractivity contribution is 0.466. The van der Waals surface area contributed by atoms with Crippen molar-refractivity contribution in [1.29, 1.82) is 0 Å². The molecule has 5 heterocycles. The SMILES string of the molecule is c1ccc(N2c3ccccc3B3c4cc5c(cc4Oc4cccc2c43)Oc2cccc3c2B5c2sc4ccccc4c2N3c2ccccc2)cc1. The fraction of sp³-hybridized carbons (Fsp3) is 0. The van der Waals surface area contributed by atoms with E-state index in [4.69, 9.17) is 9.47 Å². The molecule has 51 heavy (non-hydrogen) atoms. The predicted molar refractivity (Wildman–Crippen MR) is 214 cm³/mol. The van der Waals surface area contributed by atoms with Gasteiger partial charge in [-0.1, -0.05) is 91.0 Å². The van der Waals surface area contributed by atoms with Crippen molar-refractivity contribution in [3.63, 3.8) is 0 Å². The predicted octanol–water partition coefficient (Wildman–Crippen LogP) is 7.71. The highest BCUT2D eigenvalue weighted by molar-refractivity contribution is 7.33. The summed E-state index contributed by atoms with van der Waals surface area (Å²) in [5.74, 6) is 3.50. The normalized spacial score (nSPS) is 14.0. The average molecular weight is 668 g/mol. The van der Waals surface area contributed by atoms with E-state index in [9.17, 15) is 0 Å². The quantitative estimate of drug-likeness (QED) is 0.176. The van der Waals surface area contributed by atoms with Crippen LogP contribution in [0.1, 0.15) is 0 Å². The molecule has 0 amide bonds. The maximum absolute atomic E-state index is 6.89. The van der Waals surface area contributed by atoms with Crippen molar-refractivity contribution in [2.45, 2.75) is 0 Å². The number of ether oxygens (including phenoxy) is 2. The summed E-state index contributed by atoms with van der Waals surface area (Å²) in [5, 5.41) is 1.27. The van der Waals surface area contributed by atoms with Crippen molar-refractivity contribution >= 4 is 101 Å². The Balaban J connectivity index is 1.11. The fourth-order valence-electron chi connectivity index (χ4n) is 8.94. The van der Waals surface area contributed by atoms with E-state index in [0.717, 1.165) is 45.7 Å². The molecule has 0 spiro atoms. The number of anilines is 6. The number of thiophene rings is 1. The van der Waals surface area contributed by atoms with Crippen LogP contribution in [0.2, 0.25) is 0 Å². The Morgan fingerprint density at radius 2 is 1.00 bits per heavy atom. The van der Waals surface area contributed by atoms with Crippen LogP contribution in [-0.4, -0.2) is 13.4 Å². The second-order valence-corrected chi connectivity index (χ2v) is 14.7. The van der Waals surface area contributed by atoms with Crippen LogP contribution in [0, 0.1) is 0 Å². The first-order chi connectivity index (χ1) is 25.3. The number of benzene rings is 7. The summed E-state index contributed by atoms with van der Waals surface area (Å²) >= 11 is 1.90. The molecule has 4 aliphatic heterocycles. The molecular formula is C44H26B2N2O2S. The zero-order valence-electron chi connectivity index (χ0n) is 27.3. The summed E-state index contributed by atoms with van der Waals surface area (Å²) in [6.07, 6.45) is 0. The van der Waals surface area contributed by atoms with Crippen molar-refractivity contribution in [3.05, 3.63) is 158 Å². The van der Waals surface area contributed by atoms with E-state index < -0.39 is 0 Å². The van der Waals surface area contributed by atoms with Crippen molar-refractivity contribution in [2.24, 2.45) is 0 Å². The van der Waals surface area contributed by atoms with Crippen LogP contribution in [0.25, 0.3) is 10.1 Å². The van der Waals surface area contributed by atoms with Crippen LogP contribution in [0.3, 0.4) is 0 Å². The zero-order valence-corrected chi connectivity index (χ0v) is 28.1. The molecule has 4 aliphatic rings. The summed E-state index contributed by atoms with van der Waals surface area (Å²) < 4.78 is 16.4. The minimum Gasteiger partial charge on any atom is -0.458 e. The van der Waals surface area contributed by atoms with Gasteiger partial charge in [0.25, 0.3) is 13.4 Å². The molecule has 0 radical (unpaired) electrons. The minimum absolute atomic E-state index is 0.00402. The molecule has 0 bridgehead atoms. The Hall–Kier alpha value is -6.17. The van der Waals surface area contributed by atoms with Gasteiger partial charge in [-0.3, -0.25) is 0 Å². The molecule has 1 aromatic heterocycles. The van der Waals surface area contributed by atoms with Crippen LogP contribution in [-0.2, 0) is 0 Å². The van der Waals surface area contributed by atoms with E-state index in [1.54, 1.807) is 0 Å². The van der Waals surface area contributed by atoms with E-state index in [-0.39, 0.29) is 13.4 Å². The zero-order chi connectivity index (χ0) is 33.2. The third-order valence-corrected chi connectivity index (χ3v) is 12.2. The largest absolute Gasteiger partial charge is 0.458 e. The van der Waals surface area contributed by atoms with Crippen molar-refractivity contribution in [3.8, 4) is 23.0 Å². The summed E-state index contributed by atoms with van der Waals surface area (Å²) in [7, 11) is 0. The third-order valence-electron chi connectivity index (χ3n) is 10.9. The lowest BCUT2D eigenvalue weighted by Crippen LogP contribution is -2.62. The molecule has 0 fully saturated rings.